The molecule has 0 radical (unpaired) electrons. The van der Waals surface area contributed by atoms with Gasteiger partial charge in [-0.1, -0.05) is 0 Å². The molecule has 1 aromatic rings. The third-order valence-corrected chi connectivity index (χ3v) is 0.839. The predicted octanol–water partition coefficient (Wildman–Crippen LogP) is 2.59. The fourth-order valence-electron chi connectivity index (χ4n) is 0.429. The van der Waals surface area contributed by atoms with Gasteiger partial charge in [0, 0.05) is 11.6 Å². The number of benzene rings is 1. The van der Waals surface area contributed by atoms with Gasteiger partial charge in [0.1, 0.15) is 0 Å². The average molecular weight is 232 g/mol. The predicted molar refractivity (Wildman–Crippen MR) is 31.0 cm³/mol. The fourth-order valence-corrected chi connectivity index (χ4v) is 0.429. The molecule has 1 rings (SSSR count). The van der Waals surface area contributed by atoms with E-state index < -0.39 is 17.5 Å². The molecule has 5 heteroatoms. The van der Waals surface area contributed by atoms with Gasteiger partial charge >= 0.3 is 27.0 Å². The van der Waals surface area contributed by atoms with Gasteiger partial charge in [0.2, 0.25) is 0 Å². The zero-order valence-electron chi connectivity index (χ0n) is 5.37. The molecule has 56 valence electrons. The Balaban J connectivity index is 0.000000461. The number of hydrogen-bond donors (Lipinski definition) is 0. The summed E-state index contributed by atoms with van der Waals surface area (Å²) >= 11 is 0.847. The van der Waals surface area contributed by atoms with E-state index in [4.69, 9.17) is 9.69 Å². The van der Waals surface area contributed by atoms with Crippen LogP contribution in [0.15, 0.2) is 12.1 Å². The molecule has 0 atom stereocenters. The van der Waals surface area contributed by atoms with E-state index >= 15 is 0 Å². The third kappa shape index (κ3) is 3.21. The molecule has 0 aliphatic carbocycles. The molecule has 0 nitrogen and oxygen atoms in total. The normalized spacial score (nSPS) is 8.55. The monoisotopic (exact) mass is 230 g/mol. The Labute approximate surface area is 76.1 Å². The van der Waals surface area contributed by atoms with Crippen LogP contribution in [0, 0.1) is 23.5 Å². The standard InChI is InChI=1S/C6H2F3.ClH.Zn/c7-4-2-1-3-5(8)6(4)9;;/h2-3H;1H;/q-1;;+2/p-1. The summed E-state index contributed by atoms with van der Waals surface area (Å²) < 4.78 is 35.8. The van der Waals surface area contributed by atoms with Crippen molar-refractivity contribution >= 4 is 9.69 Å². The first kappa shape index (κ1) is 10.9. The van der Waals surface area contributed by atoms with Gasteiger partial charge in [0.25, 0.3) is 0 Å². The van der Waals surface area contributed by atoms with Crippen molar-refractivity contribution in [2.75, 3.05) is 0 Å². The van der Waals surface area contributed by atoms with Gasteiger partial charge in [0.05, 0.1) is 5.82 Å². The van der Waals surface area contributed by atoms with Crippen LogP contribution < -0.4 is 0 Å². The van der Waals surface area contributed by atoms with Gasteiger partial charge in [-0.25, -0.2) is 4.39 Å². The molecule has 0 fully saturated rings. The van der Waals surface area contributed by atoms with Crippen LogP contribution in [0.1, 0.15) is 0 Å². The van der Waals surface area contributed by atoms with Crippen molar-refractivity contribution in [1.29, 1.82) is 0 Å². The van der Waals surface area contributed by atoms with Crippen LogP contribution in [0.3, 0.4) is 0 Å². The molecule has 0 aliphatic rings. The summed E-state index contributed by atoms with van der Waals surface area (Å²) in [6.45, 7) is 0. The first-order valence-electron chi connectivity index (χ1n) is 2.49. The van der Waals surface area contributed by atoms with E-state index in [1.165, 1.54) is 0 Å². The second kappa shape index (κ2) is 5.56. The summed E-state index contributed by atoms with van der Waals surface area (Å²) in [4.78, 5) is 0. The summed E-state index contributed by atoms with van der Waals surface area (Å²) in [7, 11) is 4.76. The van der Waals surface area contributed by atoms with Gasteiger partial charge < -0.3 is 0 Å². The van der Waals surface area contributed by atoms with Crippen molar-refractivity contribution in [2.45, 2.75) is 0 Å². The Hall–Kier alpha value is -0.0766. The molecule has 0 saturated heterocycles. The van der Waals surface area contributed by atoms with Crippen LogP contribution in [0.25, 0.3) is 0 Å². The second-order valence-corrected chi connectivity index (χ2v) is 1.47. The van der Waals surface area contributed by atoms with Crippen LogP contribution in [0.5, 0.6) is 0 Å². The molecule has 0 saturated carbocycles. The van der Waals surface area contributed by atoms with E-state index in [0.717, 1.165) is 29.4 Å². The van der Waals surface area contributed by atoms with Crippen LogP contribution in [-0.4, -0.2) is 0 Å². The first-order valence-corrected chi connectivity index (χ1v) is 6.39. The SMILES string of the molecule is Fc1c[c-]cc(F)c1F.[Cl][Zn+]. The molecule has 0 spiro atoms. The van der Waals surface area contributed by atoms with Crippen molar-refractivity contribution in [1.82, 2.24) is 0 Å². The van der Waals surface area contributed by atoms with Crippen molar-refractivity contribution in [3.05, 3.63) is 35.7 Å². The van der Waals surface area contributed by atoms with Gasteiger partial charge in [-0.3, -0.25) is 8.78 Å². The molecule has 11 heavy (non-hydrogen) atoms. The zero-order chi connectivity index (χ0) is 8.85. The Morgan fingerprint density at radius 1 is 1.09 bits per heavy atom. The zero-order valence-corrected chi connectivity index (χ0v) is 9.10. The maximum absolute atomic E-state index is 12.0. The van der Waals surface area contributed by atoms with Gasteiger partial charge in [-0.15, -0.1) is 12.1 Å². The molecule has 0 aliphatic heterocycles. The van der Waals surface area contributed by atoms with E-state index in [1.807, 2.05) is 0 Å². The minimum absolute atomic E-state index is 0.735. The molecule has 0 N–H and O–H groups in total. The van der Waals surface area contributed by atoms with Gasteiger partial charge in [0.15, 0.2) is 0 Å². The van der Waals surface area contributed by atoms with Crippen LogP contribution in [0.2, 0.25) is 0 Å². The molecule has 0 bridgehead atoms. The Kier molecular flexibility index (Phi) is 5.52. The topological polar surface area (TPSA) is 0 Å². The average Bonchev–Trinajstić information content (AvgIpc) is 2.04. The second-order valence-electron chi connectivity index (χ2n) is 1.47. The molecule has 1 aromatic carbocycles. The summed E-state index contributed by atoms with van der Waals surface area (Å²) in [6, 6.07) is 3.55. The molecule has 0 amide bonds. The maximum atomic E-state index is 12.0. The molecular formula is C6H2ClF3Zn. The molecule has 0 aromatic heterocycles. The molecular weight excluding hydrogens is 230 g/mol. The summed E-state index contributed by atoms with van der Waals surface area (Å²) in [5.74, 6) is -3.88. The van der Waals surface area contributed by atoms with E-state index in [2.05, 4.69) is 6.07 Å². The van der Waals surface area contributed by atoms with Crippen LogP contribution in [-0.2, 0) is 17.3 Å². The van der Waals surface area contributed by atoms with Crippen LogP contribution in [0.4, 0.5) is 13.2 Å². The third-order valence-electron chi connectivity index (χ3n) is 0.839. The Morgan fingerprint density at radius 2 is 1.45 bits per heavy atom. The quantitative estimate of drug-likeness (QED) is 0.366. The minimum atomic E-state index is -1.45. The summed E-state index contributed by atoms with van der Waals surface area (Å²) in [5.41, 5.74) is 0. The Morgan fingerprint density at radius 3 is 1.73 bits per heavy atom. The van der Waals surface area contributed by atoms with Gasteiger partial charge in [-0.05, 0) is 0 Å². The van der Waals surface area contributed by atoms with E-state index in [9.17, 15) is 13.2 Å². The van der Waals surface area contributed by atoms with E-state index in [0.29, 0.717) is 0 Å². The first-order chi connectivity index (χ1) is 5.22. The van der Waals surface area contributed by atoms with Crippen molar-refractivity contribution in [3.63, 3.8) is 0 Å². The van der Waals surface area contributed by atoms with E-state index in [1.54, 1.807) is 0 Å². The summed E-state index contributed by atoms with van der Waals surface area (Å²) in [6.07, 6.45) is 0. The molecule has 0 heterocycles. The van der Waals surface area contributed by atoms with E-state index in [-0.39, 0.29) is 0 Å². The van der Waals surface area contributed by atoms with Crippen LogP contribution >= 0.6 is 9.69 Å². The fraction of sp³-hybridized carbons (Fsp3) is 0. The number of hydrogen-bond acceptors (Lipinski definition) is 0. The van der Waals surface area contributed by atoms with Gasteiger partial charge in [-0.2, -0.15) is 6.07 Å². The van der Waals surface area contributed by atoms with Crippen molar-refractivity contribution < 1.29 is 30.5 Å². The molecule has 0 unspecified atom stereocenters. The Bertz CT molecular complexity index is 209. The number of halogens is 4. The van der Waals surface area contributed by atoms with Crippen molar-refractivity contribution in [2.24, 2.45) is 0 Å². The summed E-state index contributed by atoms with van der Waals surface area (Å²) in [5, 5.41) is 0. The van der Waals surface area contributed by atoms with Crippen molar-refractivity contribution in [3.8, 4) is 0 Å². The number of rotatable bonds is 0.